The molecule has 0 aliphatic heterocycles. The molecule has 1 unspecified atom stereocenters. The molecule has 8 heteroatoms. The van der Waals surface area contributed by atoms with E-state index in [9.17, 15) is 12.8 Å². The Kier molecular flexibility index (Phi) is 6.14. The van der Waals surface area contributed by atoms with Gasteiger partial charge in [0.1, 0.15) is 11.9 Å². The zero-order valence-electron chi connectivity index (χ0n) is 13.7. The van der Waals surface area contributed by atoms with Crippen molar-refractivity contribution in [1.82, 2.24) is 9.62 Å². The molecule has 25 heavy (non-hydrogen) atoms. The summed E-state index contributed by atoms with van der Waals surface area (Å²) in [6.45, 7) is 0.0449. The fourth-order valence-corrected chi connectivity index (χ4v) is 3.57. The molecule has 1 N–H and O–H groups in total. The molecule has 0 aromatic heterocycles. The van der Waals surface area contributed by atoms with E-state index in [2.05, 4.69) is 4.72 Å². The van der Waals surface area contributed by atoms with Gasteiger partial charge in [-0.15, -0.1) is 0 Å². The normalized spacial score (nSPS) is 12.8. The number of nitrogens with zero attached hydrogens (tertiary/aromatic N) is 2. The van der Waals surface area contributed by atoms with Crippen molar-refractivity contribution in [2.45, 2.75) is 10.9 Å². The molecule has 2 aromatic rings. The number of sulfonamides is 1. The van der Waals surface area contributed by atoms with E-state index in [0.29, 0.717) is 5.56 Å². The number of likely N-dealkylation sites (N-methyl/N-ethyl adjacent to an activating group) is 1. The molecule has 0 heterocycles. The summed E-state index contributed by atoms with van der Waals surface area (Å²) in [6, 6.07) is 11.4. The number of hydrogen-bond acceptors (Lipinski definition) is 4. The molecular formula is C17H17ClFN3O2S. The van der Waals surface area contributed by atoms with Gasteiger partial charge in [0.05, 0.1) is 15.5 Å². The van der Waals surface area contributed by atoms with Crippen LogP contribution >= 0.6 is 11.6 Å². The molecule has 2 rings (SSSR count). The molecule has 0 aliphatic rings. The predicted octanol–water partition coefficient (Wildman–Crippen LogP) is 2.93. The maximum absolute atomic E-state index is 13.5. The van der Waals surface area contributed by atoms with Gasteiger partial charge in [-0.1, -0.05) is 23.7 Å². The first-order valence-corrected chi connectivity index (χ1v) is 9.22. The van der Waals surface area contributed by atoms with Crippen LogP contribution in [-0.2, 0) is 10.0 Å². The van der Waals surface area contributed by atoms with Crippen molar-refractivity contribution in [2.24, 2.45) is 0 Å². The molecule has 0 radical (unpaired) electrons. The number of rotatable bonds is 6. The lowest BCUT2D eigenvalue weighted by atomic mass is 10.1. The van der Waals surface area contributed by atoms with E-state index in [-0.39, 0.29) is 33.9 Å². The van der Waals surface area contributed by atoms with Crippen LogP contribution < -0.4 is 4.72 Å². The average molecular weight is 382 g/mol. The first-order valence-electron chi connectivity index (χ1n) is 7.36. The summed E-state index contributed by atoms with van der Waals surface area (Å²) < 4.78 is 40.9. The summed E-state index contributed by atoms with van der Waals surface area (Å²) in [7, 11) is -0.281. The van der Waals surface area contributed by atoms with E-state index in [4.69, 9.17) is 16.9 Å². The minimum absolute atomic E-state index is 0.0449. The summed E-state index contributed by atoms with van der Waals surface area (Å²) in [4.78, 5) is 1.74. The molecule has 0 aliphatic carbocycles. The molecular weight excluding hydrogens is 365 g/mol. The Bertz CT molecular complexity index is 910. The van der Waals surface area contributed by atoms with E-state index < -0.39 is 10.0 Å². The van der Waals surface area contributed by atoms with Crippen LogP contribution in [0.4, 0.5) is 4.39 Å². The molecule has 0 bridgehead atoms. The third-order valence-electron chi connectivity index (χ3n) is 3.69. The van der Waals surface area contributed by atoms with Crippen molar-refractivity contribution in [3.05, 3.63) is 64.4 Å². The van der Waals surface area contributed by atoms with Gasteiger partial charge in [-0.3, -0.25) is 0 Å². The van der Waals surface area contributed by atoms with Crippen LogP contribution in [0.2, 0.25) is 5.02 Å². The summed E-state index contributed by atoms with van der Waals surface area (Å²) in [5.74, 6) is -0.386. The van der Waals surface area contributed by atoms with Crippen LogP contribution in [0.1, 0.15) is 17.2 Å². The van der Waals surface area contributed by atoms with E-state index >= 15 is 0 Å². The highest BCUT2D eigenvalue weighted by Crippen LogP contribution is 2.22. The number of nitriles is 1. The van der Waals surface area contributed by atoms with E-state index in [1.807, 2.05) is 6.07 Å². The zero-order chi connectivity index (χ0) is 18.6. The lowest BCUT2D eigenvalue weighted by molar-refractivity contribution is 0.299. The van der Waals surface area contributed by atoms with Crippen molar-refractivity contribution in [3.63, 3.8) is 0 Å². The smallest absolute Gasteiger partial charge is 0.240 e. The quantitative estimate of drug-likeness (QED) is 0.834. The lowest BCUT2D eigenvalue weighted by Crippen LogP contribution is -2.34. The second-order valence-electron chi connectivity index (χ2n) is 5.64. The van der Waals surface area contributed by atoms with Crippen LogP contribution in [0, 0.1) is 17.1 Å². The Labute approximate surface area is 151 Å². The fraction of sp³-hybridized carbons (Fsp3) is 0.235. The average Bonchev–Trinajstić information content (AvgIpc) is 2.55. The second-order valence-corrected chi connectivity index (χ2v) is 7.81. The van der Waals surface area contributed by atoms with Crippen molar-refractivity contribution < 1.29 is 12.8 Å². The van der Waals surface area contributed by atoms with Crippen LogP contribution in [0.25, 0.3) is 0 Å². The van der Waals surface area contributed by atoms with Crippen LogP contribution in [0.3, 0.4) is 0 Å². The van der Waals surface area contributed by atoms with Crippen LogP contribution in [0.15, 0.2) is 47.4 Å². The van der Waals surface area contributed by atoms with Gasteiger partial charge >= 0.3 is 0 Å². The number of hydrogen-bond donors (Lipinski definition) is 1. The van der Waals surface area contributed by atoms with Gasteiger partial charge in [-0.25, -0.2) is 17.5 Å². The Hall–Kier alpha value is -1.98. The maximum atomic E-state index is 13.5. The van der Waals surface area contributed by atoms with Crippen LogP contribution in [-0.4, -0.2) is 34.0 Å². The third-order valence-corrected chi connectivity index (χ3v) is 5.44. The van der Waals surface area contributed by atoms with E-state index in [0.717, 1.165) is 0 Å². The minimum atomic E-state index is -3.84. The van der Waals surface area contributed by atoms with Crippen molar-refractivity contribution in [1.29, 1.82) is 5.26 Å². The maximum Gasteiger partial charge on any atom is 0.240 e. The number of nitrogens with one attached hydrogen (secondary N) is 1. The summed E-state index contributed by atoms with van der Waals surface area (Å²) >= 11 is 5.83. The molecule has 1 atom stereocenters. The Balaban J connectivity index is 2.23. The molecule has 0 saturated carbocycles. The van der Waals surface area contributed by atoms with Gasteiger partial charge < -0.3 is 4.90 Å². The van der Waals surface area contributed by atoms with E-state index in [1.54, 1.807) is 31.1 Å². The molecule has 0 fully saturated rings. The Morgan fingerprint density at radius 1 is 1.28 bits per heavy atom. The Morgan fingerprint density at radius 3 is 2.60 bits per heavy atom. The van der Waals surface area contributed by atoms with Gasteiger partial charge in [0.15, 0.2) is 0 Å². The fourth-order valence-electron chi connectivity index (χ4n) is 2.34. The molecule has 5 nitrogen and oxygen atoms in total. The molecule has 0 amide bonds. The number of benzene rings is 2. The molecule has 0 spiro atoms. The zero-order valence-corrected chi connectivity index (χ0v) is 15.3. The van der Waals surface area contributed by atoms with Gasteiger partial charge in [-0.05, 0) is 50.0 Å². The third kappa shape index (κ3) is 4.77. The summed E-state index contributed by atoms with van der Waals surface area (Å²) in [5, 5.41) is 9.17. The van der Waals surface area contributed by atoms with Gasteiger partial charge in [0, 0.05) is 12.6 Å². The highest BCUT2D eigenvalue weighted by molar-refractivity contribution is 7.89. The molecule has 132 valence electrons. The monoisotopic (exact) mass is 381 g/mol. The van der Waals surface area contributed by atoms with E-state index in [1.165, 1.54) is 30.3 Å². The largest absolute Gasteiger partial charge is 0.301 e. The topological polar surface area (TPSA) is 73.2 Å². The summed E-state index contributed by atoms with van der Waals surface area (Å²) in [5.41, 5.74) is 0.736. The van der Waals surface area contributed by atoms with Gasteiger partial charge in [0.2, 0.25) is 10.0 Å². The first kappa shape index (κ1) is 19.3. The van der Waals surface area contributed by atoms with Gasteiger partial charge in [-0.2, -0.15) is 5.26 Å². The summed E-state index contributed by atoms with van der Waals surface area (Å²) in [6.07, 6.45) is 0. The molecule has 0 saturated heterocycles. The SMILES string of the molecule is CN(C)C(CNS(=O)(=O)c1ccc(Cl)c(C#N)c1)c1cccc(F)c1. The van der Waals surface area contributed by atoms with Crippen molar-refractivity contribution >= 4 is 21.6 Å². The standard InChI is InChI=1S/C17H17ClFN3O2S/c1-22(2)17(12-4-3-5-14(19)8-12)11-21-25(23,24)15-6-7-16(18)13(9-15)10-20/h3-9,17,21H,11H2,1-2H3. The van der Waals surface area contributed by atoms with Crippen molar-refractivity contribution in [3.8, 4) is 6.07 Å². The predicted molar refractivity (Wildman–Crippen MR) is 94.2 cm³/mol. The highest BCUT2D eigenvalue weighted by Gasteiger charge is 2.21. The highest BCUT2D eigenvalue weighted by atomic mass is 35.5. The Morgan fingerprint density at radius 2 is 2.00 bits per heavy atom. The first-order chi connectivity index (χ1) is 11.7. The number of halogens is 2. The van der Waals surface area contributed by atoms with Crippen LogP contribution in [0.5, 0.6) is 0 Å². The van der Waals surface area contributed by atoms with Crippen molar-refractivity contribution in [2.75, 3.05) is 20.6 Å². The molecule has 2 aromatic carbocycles. The minimum Gasteiger partial charge on any atom is -0.301 e. The second kappa shape index (κ2) is 7.93. The lowest BCUT2D eigenvalue weighted by Gasteiger charge is -2.25. The van der Waals surface area contributed by atoms with Gasteiger partial charge in [0.25, 0.3) is 0 Å².